The Labute approximate surface area is 126 Å². The monoisotopic (exact) mass is 307 g/mol. The molecule has 0 amide bonds. The molecule has 2 aromatic rings. The first-order chi connectivity index (χ1) is 10.2. The fraction of sp³-hybridized carbons (Fsp3) is 0.500. The molecule has 1 aliphatic carbocycles. The summed E-state index contributed by atoms with van der Waals surface area (Å²) in [6.45, 7) is 0.673. The van der Waals surface area contributed by atoms with Crippen LogP contribution in [0.3, 0.4) is 0 Å². The van der Waals surface area contributed by atoms with Gasteiger partial charge in [-0.2, -0.15) is 0 Å². The molecule has 0 saturated heterocycles. The summed E-state index contributed by atoms with van der Waals surface area (Å²) >= 11 is 1.39. The Morgan fingerprint density at radius 3 is 2.86 bits per heavy atom. The van der Waals surface area contributed by atoms with Crippen LogP contribution in [0, 0.1) is 15.5 Å². The fourth-order valence-corrected chi connectivity index (χ4v) is 3.72. The molecule has 0 atom stereocenters. The molecule has 1 fully saturated rings. The standard InChI is InChI=1S/C14H17N3O3S/c18-8-14(5-1-2-6-14)7-15-10-3-4-11-12(16-9-21-11)13(10)17(19)20/h3-4,9,15,18H,1-2,5-8H2. The predicted octanol–water partition coefficient (Wildman–Crippen LogP) is 3.17. The van der Waals surface area contributed by atoms with E-state index in [1.807, 2.05) is 6.07 Å². The van der Waals surface area contributed by atoms with Crippen LogP contribution in [0.1, 0.15) is 25.7 Å². The van der Waals surface area contributed by atoms with Crippen LogP contribution < -0.4 is 5.32 Å². The lowest BCUT2D eigenvalue weighted by molar-refractivity contribution is -0.382. The van der Waals surface area contributed by atoms with Crippen LogP contribution in [-0.2, 0) is 0 Å². The van der Waals surface area contributed by atoms with Gasteiger partial charge in [-0.15, -0.1) is 11.3 Å². The lowest BCUT2D eigenvalue weighted by Crippen LogP contribution is -2.30. The van der Waals surface area contributed by atoms with E-state index in [2.05, 4.69) is 10.3 Å². The summed E-state index contributed by atoms with van der Waals surface area (Å²) in [5, 5.41) is 24.2. The van der Waals surface area contributed by atoms with Crippen molar-refractivity contribution in [2.45, 2.75) is 25.7 Å². The quantitative estimate of drug-likeness (QED) is 0.654. The molecule has 0 spiro atoms. The van der Waals surface area contributed by atoms with Gasteiger partial charge in [-0.3, -0.25) is 10.1 Å². The number of rotatable bonds is 5. The second kappa shape index (κ2) is 5.57. The van der Waals surface area contributed by atoms with Gasteiger partial charge in [0, 0.05) is 12.0 Å². The van der Waals surface area contributed by atoms with Crippen LogP contribution in [0.15, 0.2) is 17.6 Å². The highest BCUT2D eigenvalue weighted by molar-refractivity contribution is 7.16. The number of nitro benzene ring substituents is 1. The summed E-state index contributed by atoms with van der Waals surface area (Å²) in [4.78, 5) is 15.1. The highest BCUT2D eigenvalue weighted by Gasteiger charge is 2.33. The third-order valence-electron chi connectivity index (χ3n) is 4.31. The number of hydrogen-bond acceptors (Lipinski definition) is 6. The number of anilines is 1. The number of aromatic nitrogens is 1. The summed E-state index contributed by atoms with van der Waals surface area (Å²) in [6, 6.07) is 3.58. The molecule has 1 saturated carbocycles. The molecule has 0 unspecified atom stereocenters. The van der Waals surface area contributed by atoms with E-state index in [0.29, 0.717) is 17.7 Å². The highest BCUT2D eigenvalue weighted by Crippen LogP contribution is 2.39. The van der Waals surface area contributed by atoms with Gasteiger partial charge in [-0.25, -0.2) is 4.98 Å². The lowest BCUT2D eigenvalue weighted by Gasteiger charge is -2.27. The number of nitrogens with one attached hydrogen (secondary N) is 1. The van der Waals surface area contributed by atoms with Crippen LogP contribution in [-0.4, -0.2) is 28.2 Å². The Balaban J connectivity index is 1.89. The minimum atomic E-state index is -0.384. The molecule has 0 radical (unpaired) electrons. The van der Waals surface area contributed by atoms with Crippen LogP contribution in [0.25, 0.3) is 10.2 Å². The molecule has 0 aliphatic heterocycles. The van der Waals surface area contributed by atoms with Crippen molar-refractivity contribution in [3.05, 3.63) is 27.8 Å². The molecular formula is C14H17N3O3S. The van der Waals surface area contributed by atoms with Crippen molar-refractivity contribution < 1.29 is 10.0 Å². The number of fused-ring (bicyclic) bond motifs is 1. The average Bonchev–Trinajstić information content (AvgIpc) is 3.13. The van der Waals surface area contributed by atoms with E-state index in [1.54, 1.807) is 11.6 Å². The zero-order valence-electron chi connectivity index (χ0n) is 11.5. The van der Waals surface area contributed by atoms with Crippen molar-refractivity contribution in [1.82, 2.24) is 4.98 Å². The van der Waals surface area contributed by atoms with E-state index in [9.17, 15) is 15.2 Å². The van der Waals surface area contributed by atoms with E-state index >= 15 is 0 Å². The summed E-state index contributed by atoms with van der Waals surface area (Å²) in [5.74, 6) is 0. The van der Waals surface area contributed by atoms with E-state index in [4.69, 9.17) is 0 Å². The normalized spacial score (nSPS) is 17.2. The SMILES string of the molecule is O=[N+]([O-])c1c(NCC2(CO)CCCC2)ccc2scnc12. The maximum Gasteiger partial charge on any atom is 0.319 e. The molecule has 7 heteroatoms. The third kappa shape index (κ3) is 2.58. The van der Waals surface area contributed by atoms with Gasteiger partial charge in [0.15, 0.2) is 5.52 Å². The van der Waals surface area contributed by atoms with Crippen molar-refractivity contribution >= 4 is 32.9 Å². The second-order valence-corrected chi connectivity index (χ2v) is 6.52. The molecule has 2 N–H and O–H groups in total. The van der Waals surface area contributed by atoms with Gasteiger partial charge < -0.3 is 10.4 Å². The molecule has 0 bridgehead atoms. The zero-order valence-corrected chi connectivity index (χ0v) is 12.4. The smallest absolute Gasteiger partial charge is 0.319 e. The molecule has 1 aromatic carbocycles. The summed E-state index contributed by atoms with van der Waals surface area (Å²) in [6.07, 6.45) is 4.14. The van der Waals surface area contributed by atoms with Gasteiger partial charge in [-0.1, -0.05) is 12.8 Å². The van der Waals surface area contributed by atoms with Gasteiger partial charge in [-0.05, 0) is 25.0 Å². The molecular weight excluding hydrogens is 290 g/mol. The van der Waals surface area contributed by atoms with Crippen molar-refractivity contribution in [2.24, 2.45) is 5.41 Å². The first kappa shape index (κ1) is 14.2. The van der Waals surface area contributed by atoms with Crippen molar-refractivity contribution in [3.63, 3.8) is 0 Å². The Kier molecular flexibility index (Phi) is 3.77. The molecule has 21 heavy (non-hydrogen) atoms. The van der Waals surface area contributed by atoms with Gasteiger partial charge in [0.1, 0.15) is 5.69 Å². The second-order valence-electron chi connectivity index (χ2n) is 5.64. The molecule has 1 aliphatic rings. The lowest BCUT2D eigenvalue weighted by atomic mass is 9.87. The minimum Gasteiger partial charge on any atom is -0.396 e. The number of thiazole rings is 1. The largest absolute Gasteiger partial charge is 0.396 e. The topological polar surface area (TPSA) is 88.3 Å². The molecule has 112 valence electrons. The fourth-order valence-electron chi connectivity index (χ4n) is 3.04. The summed E-state index contributed by atoms with van der Waals surface area (Å²) in [5.41, 5.74) is 2.41. The third-order valence-corrected chi connectivity index (χ3v) is 5.11. The van der Waals surface area contributed by atoms with E-state index < -0.39 is 0 Å². The first-order valence-corrected chi connectivity index (χ1v) is 7.88. The number of nitrogens with zero attached hydrogens (tertiary/aromatic N) is 2. The summed E-state index contributed by atoms with van der Waals surface area (Å²) in [7, 11) is 0. The highest BCUT2D eigenvalue weighted by atomic mass is 32.1. The Morgan fingerprint density at radius 1 is 1.43 bits per heavy atom. The van der Waals surface area contributed by atoms with E-state index in [-0.39, 0.29) is 22.6 Å². The van der Waals surface area contributed by atoms with Crippen LogP contribution in [0.2, 0.25) is 0 Å². The maximum absolute atomic E-state index is 11.4. The number of aliphatic hydroxyl groups is 1. The van der Waals surface area contributed by atoms with Gasteiger partial charge in [0.25, 0.3) is 0 Å². The Morgan fingerprint density at radius 2 is 2.19 bits per heavy atom. The number of nitro groups is 1. The van der Waals surface area contributed by atoms with Crippen LogP contribution >= 0.6 is 11.3 Å². The van der Waals surface area contributed by atoms with Crippen molar-refractivity contribution in [2.75, 3.05) is 18.5 Å². The number of hydrogen-bond donors (Lipinski definition) is 2. The molecule has 3 rings (SSSR count). The minimum absolute atomic E-state index is 0.0276. The predicted molar refractivity (Wildman–Crippen MR) is 82.8 cm³/mol. The number of aliphatic hydroxyl groups excluding tert-OH is 1. The molecule has 1 aromatic heterocycles. The van der Waals surface area contributed by atoms with E-state index in [1.165, 1.54) is 11.3 Å². The average molecular weight is 307 g/mol. The molecule has 6 nitrogen and oxygen atoms in total. The molecule has 1 heterocycles. The van der Waals surface area contributed by atoms with Gasteiger partial charge in [0.05, 0.1) is 21.7 Å². The van der Waals surface area contributed by atoms with Crippen molar-refractivity contribution in [1.29, 1.82) is 0 Å². The van der Waals surface area contributed by atoms with Crippen LogP contribution in [0.4, 0.5) is 11.4 Å². The maximum atomic E-state index is 11.4. The van der Waals surface area contributed by atoms with Gasteiger partial charge >= 0.3 is 5.69 Å². The Hall–Kier alpha value is -1.73. The zero-order chi connectivity index (χ0) is 14.9. The Bertz CT molecular complexity index is 665. The summed E-state index contributed by atoms with van der Waals surface area (Å²) < 4.78 is 0.810. The van der Waals surface area contributed by atoms with Gasteiger partial charge in [0.2, 0.25) is 0 Å². The van der Waals surface area contributed by atoms with Crippen molar-refractivity contribution in [3.8, 4) is 0 Å². The number of benzene rings is 1. The van der Waals surface area contributed by atoms with E-state index in [0.717, 1.165) is 30.4 Å². The first-order valence-electron chi connectivity index (χ1n) is 7.01. The van der Waals surface area contributed by atoms with Crippen LogP contribution in [0.5, 0.6) is 0 Å².